The van der Waals surface area contributed by atoms with Crippen molar-refractivity contribution in [2.45, 2.75) is 0 Å². The molecule has 2 aromatic rings. The molecule has 21 heavy (non-hydrogen) atoms. The number of rotatable bonds is 4. The van der Waals surface area contributed by atoms with E-state index in [-0.39, 0.29) is 17.1 Å². The van der Waals surface area contributed by atoms with E-state index < -0.39 is 4.92 Å². The molecule has 0 aromatic heterocycles. The van der Waals surface area contributed by atoms with Gasteiger partial charge in [-0.15, -0.1) is 0 Å². The number of nitro groups is 1. The summed E-state index contributed by atoms with van der Waals surface area (Å²) in [4.78, 5) is 10.6. The minimum atomic E-state index is -0.561. The highest BCUT2D eigenvalue weighted by atomic mass is 35.5. The molecule has 0 saturated heterocycles. The van der Waals surface area contributed by atoms with Crippen LogP contribution in [-0.2, 0) is 0 Å². The third-order valence-electron chi connectivity index (χ3n) is 2.75. The lowest BCUT2D eigenvalue weighted by atomic mass is 10.1. The first kappa shape index (κ1) is 14.6. The van der Waals surface area contributed by atoms with Gasteiger partial charge < -0.3 is 10.7 Å². The predicted octanol–water partition coefficient (Wildman–Crippen LogP) is 3.15. The van der Waals surface area contributed by atoms with Gasteiger partial charge in [0.05, 0.1) is 16.2 Å². The van der Waals surface area contributed by atoms with E-state index in [2.05, 4.69) is 10.7 Å². The summed E-state index contributed by atoms with van der Waals surface area (Å²) < 4.78 is 0. The Morgan fingerprint density at radius 1 is 1.24 bits per heavy atom. The lowest BCUT2D eigenvalue weighted by Gasteiger charge is -2.11. The summed E-state index contributed by atoms with van der Waals surface area (Å²) in [6, 6.07) is 11.2. The Hall–Kier alpha value is -2.82. The average Bonchev–Trinajstić information content (AvgIpc) is 2.47. The van der Waals surface area contributed by atoms with Crippen LogP contribution in [0.15, 0.2) is 36.4 Å². The molecule has 2 rings (SSSR count). The van der Waals surface area contributed by atoms with Gasteiger partial charge in [0.15, 0.2) is 0 Å². The molecule has 2 aromatic carbocycles. The minimum absolute atomic E-state index is 0.158. The third kappa shape index (κ3) is 3.02. The Bertz CT molecular complexity index is 742. The Morgan fingerprint density at radius 2 is 1.95 bits per heavy atom. The highest BCUT2D eigenvalue weighted by molar-refractivity contribution is 6.30. The van der Waals surface area contributed by atoms with Gasteiger partial charge in [-0.05, 0) is 30.3 Å². The fourth-order valence-corrected chi connectivity index (χ4v) is 1.99. The van der Waals surface area contributed by atoms with Crippen molar-refractivity contribution in [2.75, 3.05) is 10.7 Å². The van der Waals surface area contributed by atoms with Gasteiger partial charge in [0.1, 0.15) is 17.4 Å². The van der Waals surface area contributed by atoms with Crippen LogP contribution in [0.2, 0.25) is 5.02 Å². The third-order valence-corrected chi connectivity index (χ3v) is 2.98. The van der Waals surface area contributed by atoms with Crippen LogP contribution in [0.1, 0.15) is 5.56 Å². The smallest absolute Gasteiger partial charge is 0.316 e. The van der Waals surface area contributed by atoms with Crippen molar-refractivity contribution in [3.05, 3.63) is 57.1 Å². The number of hydrogen-bond acceptors (Lipinski definition) is 6. The fraction of sp³-hybridized carbons (Fsp3) is 0. The average molecular weight is 304 g/mol. The molecule has 8 heteroatoms. The number of anilines is 3. The first-order chi connectivity index (χ1) is 10.1. The Morgan fingerprint density at radius 3 is 2.57 bits per heavy atom. The summed E-state index contributed by atoms with van der Waals surface area (Å²) in [6.45, 7) is 0. The van der Waals surface area contributed by atoms with E-state index in [0.717, 1.165) is 0 Å². The molecule has 0 atom stereocenters. The van der Waals surface area contributed by atoms with E-state index in [1.54, 1.807) is 12.1 Å². The van der Waals surface area contributed by atoms with Crippen molar-refractivity contribution in [3.63, 3.8) is 0 Å². The number of nitriles is 1. The maximum Gasteiger partial charge on any atom is 0.316 e. The second-order valence-corrected chi connectivity index (χ2v) is 4.47. The van der Waals surface area contributed by atoms with Crippen LogP contribution in [0.4, 0.5) is 22.7 Å². The lowest BCUT2D eigenvalue weighted by Crippen LogP contribution is -2.10. The van der Waals surface area contributed by atoms with Crippen molar-refractivity contribution in [1.29, 1.82) is 5.26 Å². The van der Waals surface area contributed by atoms with Crippen LogP contribution < -0.4 is 16.6 Å². The zero-order chi connectivity index (χ0) is 15.4. The van der Waals surface area contributed by atoms with Gasteiger partial charge in [-0.25, -0.2) is 0 Å². The van der Waals surface area contributed by atoms with Crippen LogP contribution in [0.3, 0.4) is 0 Å². The highest BCUT2D eigenvalue weighted by Crippen LogP contribution is 2.35. The summed E-state index contributed by atoms with van der Waals surface area (Å²) in [5.74, 6) is 5.28. The molecule has 0 aliphatic heterocycles. The molecule has 0 aliphatic rings. The summed E-state index contributed by atoms with van der Waals surface area (Å²) in [7, 11) is 0. The molecule has 7 nitrogen and oxygen atoms in total. The Balaban J connectivity index is 2.52. The van der Waals surface area contributed by atoms with Gasteiger partial charge in [-0.2, -0.15) is 5.26 Å². The van der Waals surface area contributed by atoms with Crippen LogP contribution in [0, 0.1) is 21.4 Å². The van der Waals surface area contributed by atoms with Gasteiger partial charge in [0.25, 0.3) is 0 Å². The molecule has 0 saturated carbocycles. The molecular formula is C13H10ClN5O2. The number of nitrogen functional groups attached to an aromatic ring is 1. The van der Waals surface area contributed by atoms with Crippen molar-refractivity contribution in [3.8, 4) is 6.07 Å². The first-order valence-corrected chi connectivity index (χ1v) is 6.15. The zero-order valence-corrected chi connectivity index (χ0v) is 11.4. The second kappa shape index (κ2) is 6.09. The second-order valence-electron chi connectivity index (χ2n) is 4.03. The molecule has 0 fully saturated rings. The molecule has 0 unspecified atom stereocenters. The standard InChI is InChI=1S/C13H10ClN5O2/c14-9-5-4-8(7-15)12(6-9)17-10-2-1-3-11(18-16)13(10)19(20)21/h1-6,17-18H,16H2. The van der Waals surface area contributed by atoms with Crippen molar-refractivity contribution >= 4 is 34.4 Å². The quantitative estimate of drug-likeness (QED) is 0.454. The molecular weight excluding hydrogens is 294 g/mol. The normalized spacial score (nSPS) is 9.76. The molecule has 0 radical (unpaired) electrons. The van der Waals surface area contributed by atoms with E-state index in [0.29, 0.717) is 16.3 Å². The van der Waals surface area contributed by atoms with Crippen molar-refractivity contribution in [1.82, 2.24) is 0 Å². The van der Waals surface area contributed by atoms with Gasteiger partial charge in [0, 0.05) is 5.02 Å². The summed E-state index contributed by atoms with van der Waals surface area (Å²) >= 11 is 5.89. The number of para-hydroxylation sites is 1. The number of nitrogens with two attached hydrogens (primary N) is 1. The molecule has 0 spiro atoms. The number of benzene rings is 2. The van der Waals surface area contributed by atoms with Crippen LogP contribution >= 0.6 is 11.6 Å². The zero-order valence-electron chi connectivity index (χ0n) is 10.6. The monoisotopic (exact) mass is 303 g/mol. The van der Waals surface area contributed by atoms with E-state index in [9.17, 15) is 10.1 Å². The largest absolute Gasteiger partial charge is 0.349 e. The van der Waals surface area contributed by atoms with E-state index in [4.69, 9.17) is 22.7 Å². The first-order valence-electron chi connectivity index (χ1n) is 5.77. The summed E-state index contributed by atoms with van der Waals surface area (Å²) in [5.41, 5.74) is 3.11. The minimum Gasteiger partial charge on any atom is -0.349 e. The van der Waals surface area contributed by atoms with Crippen LogP contribution in [0.5, 0.6) is 0 Å². The molecule has 0 heterocycles. The number of halogens is 1. The molecule has 0 amide bonds. The molecule has 0 aliphatic carbocycles. The summed E-state index contributed by atoms with van der Waals surface area (Å²) in [5, 5.41) is 23.5. The van der Waals surface area contributed by atoms with E-state index in [1.165, 1.54) is 24.3 Å². The lowest BCUT2D eigenvalue weighted by molar-refractivity contribution is -0.383. The van der Waals surface area contributed by atoms with E-state index in [1.807, 2.05) is 6.07 Å². The van der Waals surface area contributed by atoms with Crippen LogP contribution in [0.25, 0.3) is 0 Å². The molecule has 0 bridgehead atoms. The number of nitrogens with one attached hydrogen (secondary N) is 2. The number of hydrazine groups is 1. The Kier molecular flexibility index (Phi) is 4.23. The molecule has 106 valence electrons. The van der Waals surface area contributed by atoms with Crippen molar-refractivity contribution in [2.24, 2.45) is 5.84 Å². The van der Waals surface area contributed by atoms with Crippen LogP contribution in [-0.4, -0.2) is 4.92 Å². The van der Waals surface area contributed by atoms with Gasteiger partial charge in [0.2, 0.25) is 0 Å². The number of nitro benzene ring substituents is 1. The summed E-state index contributed by atoms with van der Waals surface area (Å²) in [6.07, 6.45) is 0. The number of hydrogen-bond donors (Lipinski definition) is 3. The van der Waals surface area contributed by atoms with E-state index >= 15 is 0 Å². The van der Waals surface area contributed by atoms with Crippen molar-refractivity contribution < 1.29 is 4.92 Å². The predicted molar refractivity (Wildman–Crippen MR) is 80.4 cm³/mol. The highest BCUT2D eigenvalue weighted by Gasteiger charge is 2.20. The van der Waals surface area contributed by atoms with Gasteiger partial charge in [-0.1, -0.05) is 17.7 Å². The maximum absolute atomic E-state index is 11.2. The Labute approximate surface area is 125 Å². The van der Waals surface area contributed by atoms with Gasteiger partial charge in [-0.3, -0.25) is 16.0 Å². The number of nitrogens with zero attached hydrogens (tertiary/aromatic N) is 2. The maximum atomic E-state index is 11.2. The van der Waals surface area contributed by atoms with Gasteiger partial charge >= 0.3 is 5.69 Å². The fourth-order valence-electron chi connectivity index (χ4n) is 1.82. The topological polar surface area (TPSA) is 117 Å². The molecule has 4 N–H and O–H groups in total. The SMILES string of the molecule is N#Cc1ccc(Cl)cc1Nc1cccc(NN)c1[N+](=O)[O-].